The first-order chi connectivity index (χ1) is 16.7. The van der Waals surface area contributed by atoms with Crippen LogP contribution in [0.3, 0.4) is 0 Å². The van der Waals surface area contributed by atoms with Crippen molar-refractivity contribution in [2.24, 2.45) is 0 Å². The second-order valence-electron chi connectivity index (χ2n) is 8.28. The molecule has 0 atom stereocenters. The topological polar surface area (TPSA) is 33.2 Å². The normalized spacial score (nSPS) is 11.1. The van der Waals surface area contributed by atoms with Crippen LogP contribution in [0.25, 0.3) is 10.2 Å². The molecule has 0 N–H and O–H groups in total. The summed E-state index contributed by atoms with van der Waals surface area (Å²) in [6.07, 6.45) is 0.907. The summed E-state index contributed by atoms with van der Waals surface area (Å²) >= 11 is 1.58. The molecule has 168 valence electrons. The van der Waals surface area contributed by atoms with Gasteiger partial charge < -0.3 is 0 Å². The van der Waals surface area contributed by atoms with E-state index in [4.69, 9.17) is 4.98 Å². The highest BCUT2D eigenvalue weighted by molar-refractivity contribution is 7.22. The van der Waals surface area contributed by atoms with Gasteiger partial charge in [-0.2, -0.15) is 0 Å². The smallest absolute Gasteiger partial charge is 0.241 e. The van der Waals surface area contributed by atoms with E-state index in [1.54, 1.807) is 11.3 Å². The standard InChI is InChI=1S/C30H26N2OS/c1-2-23-19-12-20-26-28(23)31-30(34-26)32(21-22-13-6-3-7-14-22)29(33)27(24-15-8-4-9-16-24)25-17-10-5-11-18-25/h3-20,27H,2,21H2,1H3. The van der Waals surface area contributed by atoms with Crippen LogP contribution < -0.4 is 4.90 Å². The number of para-hydroxylation sites is 1. The van der Waals surface area contributed by atoms with Gasteiger partial charge >= 0.3 is 0 Å². The molecule has 0 radical (unpaired) electrons. The summed E-state index contributed by atoms with van der Waals surface area (Å²) in [6, 6.07) is 36.5. The molecule has 0 aliphatic rings. The number of anilines is 1. The Labute approximate surface area is 204 Å². The summed E-state index contributed by atoms with van der Waals surface area (Å²) in [4.78, 5) is 21.2. The maximum Gasteiger partial charge on any atom is 0.241 e. The summed E-state index contributed by atoms with van der Waals surface area (Å²) in [5, 5.41) is 0.738. The van der Waals surface area contributed by atoms with E-state index in [9.17, 15) is 4.79 Å². The minimum atomic E-state index is -0.413. The Bertz CT molecular complexity index is 1340. The summed E-state index contributed by atoms with van der Waals surface area (Å²) in [5.74, 6) is -0.387. The number of amides is 1. The summed E-state index contributed by atoms with van der Waals surface area (Å²) in [5.41, 5.74) is 5.23. The SMILES string of the molecule is CCc1cccc2sc(N(Cc3ccccc3)C(=O)C(c3ccccc3)c3ccccc3)nc12. The van der Waals surface area contributed by atoms with E-state index in [0.29, 0.717) is 6.54 Å². The molecule has 34 heavy (non-hydrogen) atoms. The minimum Gasteiger partial charge on any atom is -0.283 e. The second-order valence-corrected chi connectivity index (χ2v) is 9.29. The molecule has 1 heterocycles. The molecule has 0 aliphatic heterocycles. The number of thiazole rings is 1. The van der Waals surface area contributed by atoms with Crippen LogP contribution in [-0.2, 0) is 17.8 Å². The zero-order valence-corrected chi connectivity index (χ0v) is 19.9. The number of aryl methyl sites for hydroxylation is 1. The quantitative estimate of drug-likeness (QED) is 0.256. The van der Waals surface area contributed by atoms with Gasteiger partial charge in [-0.25, -0.2) is 4.98 Å². The number of carbonyl (C=O) groups excluding carboxylic acids is 1. The molecule has 0 unspecified atom stereocenters. The van der Waals surface area contributed by atoms with Crippen LogP contribution in [0.1, 0.15) is 35.1 Å². The third kappa shape index (κ3) is 4.50. The third-order valence-corrected chi connectivity index (χ3v) is 7.11. The average molecular weight is 463 g/mol. The van der Waals surface area contributed by atoms with Crippen molar-refractivity contribution in [1.29, 1.82) is 0 Å². The number of hydrogen-bond donors (Lipinski definition) is 0. The van der Waals surface area contributed by atoms with Crippen molar-refractivity contribution < 1.29 is 4.79 Å². The lowest BCUT2D eigenvalue weighted by molar-refractivity contribution is -0.119. The number of fused-ring (bicyclic) bond motifs is 1. The van der Waals surface area contributed by atoms with Gasteiger partial charge in [0.05, 0.1) is 22.7 Å². The molecule has 5 rings (SSSR count). The Morgan fingerprint density at radius 2 is 1.38 bits per heavy atom. The van der Waals surface area contributed by atoms with Crippen molar-refractivity contribution in [3.05, 3.63) is 131 Å². The Morgan fingerprint density at radius 3 is 1.97 bits per heavy atom. The van der Waals surface area contributed by atoms with Crippen molar-refractivity contribution in [3.8, 4) is 0 Å². The van der Waals surface area contributed by atoms with Crippen LogP contribution >= 0.6 is 11.3 Å². The molecule has 3 nitrogen and oxygen atoms in total. The van der Waals surface area contributed by atoms with Crippen LogP contribution in [-0.4, -0.2) is 10.9 Å². The van der Waals surface area contributed by atoms with Gasteiger partial charge in [0.1, 0.15) is 0 Å². The minimum absolute atomic E-state index is 0.0263. The van der Waals surface area contributed by atoms with Gasteiger partial charge in [-0.1, -0.05) is 121 Å². The summed E-state index contributed by atoms with van der Waals surface area (Å²) in [7, 11) is 0. The first kappa shape index (κ1) is 22.1. The number of aromatic nitrogens is 1. The van der Waals surface area contributed by atoms with E-state index < -0.39 is 5.92 Å². The van der Waals surface area contributed by atoms with Gasteiger partial charge in [0.25, 0.3) is 0 Å². The molecule has 0 saturated carbocycles. The molecule has 0 aliphatic carbocycles. The van der Waals surface area contributed by atoms with Crippen molar-refractivity contribution >= 4 is 32.6 Å². The number of rotatable bonds is 7. The van der Waals surface area contributed by atoms with Crippen molar-refractivity contribution in [1.82, 2.24) is 4.98 Å². The predicted molar refractivity (Wildman–Crippen MR) is 141 cm³/mol. The highest BCUT2D eigenvalue weighted by Crippen LogP contribution is 2.35. The summed E-state index contributed by atoms with van der Waals surface area (Å²) in [6.45, 7) is 2.61. The van der Waals surface area contributed by atoms with Crippen LogP contribution in [0.15, 0.2) is 109 Å². The number of benzene rings is 4. The fourth-order valence-electron chi connectivity index (χ4n) is 4.32. The number of hydrogen-bond acceptors (Lipinski definition) is 3. The monoisotopic (exact) mass is 462 g/mol. The van der Waals surface area contributed by atoms with Gasteiger partial charge in [0.2, 0.25) is 5.91 Å². The first-order valence-corrected chi connectivity index (χ1v) is 12.4. The van der Waals surface area contributed by atoms with Crippen molar-refractivity contribution in [2.45, 2.75) is 25.8 Å². The van der Waals surface area contributed by atoms with Crippen LogP contribution in [0.4, 0.5) is 5.13 Å². The fraction of sp³-hybridized carbons (Fsp3) is 0.133. The van der Waals surface area contributed by atoms with E-state index in [1.807, 2.05) is 83.8 Å². The molecular formula is C30H26N2OS. The van der Waals surface area contributed by atoms with Gasteiger partial charge in [0.15, 0.2) is 5.13 Å². The zero-order valence-electron chi connectivity index (χ0n) is 19.1. The number of carbonyl (C=O) groups is 1. The molecule has 4 aromatic carbocycles. The molecule has 0 bridgehead atoms. The van der Waals surface area contributed by atoms with E-state index in [2.05, 4.69) is 37.3 Å². The Morgan fingerprint density at radius 1 is 0.794 bits per heavy atom. The Kier molecular flexibility index (Phi) is 6.50. The average Bonchev–Trinajstić information content (AvgIpc) is 3.33. The van der Waals surface area contributed by atoms with E-state index in [1.165, 1.54) is 5.56 Å². The van der Waals surface area contributed by atoms with Gasteiger partial charge in [-0.15, -0.1) is 0 Å². The van der Waals surface area contributed by atoms with Crippen molar-refractivity contribution in [2.75, 3.05) is 4.90 Å². The Hall–Kier alpha value is -3.76. The van der Waals surface area contributed by atoms with Crippen LogP contribution in [0.5, 0.6) is 0 Å². The fourth-order valence-corrected chi connectivity index (χ4v) is 5.34. The molecular weight excluding hydrogens is 436 g/mol. The molecule has 0 fully saturated rings. The highest BCUT2D eigenvalue weighted by Gasteiger charge is 2.30. The van der Waals surface area contributed by atoms with Crippen LogP contribution in [0.2, 0.25) is 0 Å². The molecule has 1 amide bonds. The third-order valence-electron chi connectivity index (χ3n) is 6.07. The lowest BCUT2D eigenvalue weighted by Gasteiger charge is -2.26. The Balaban J connectivity index is 1.64. The van der Waals surface area contributed by atoms with E-state index in [-0.39, 0.29) is 5.91 Å². The van der Waals surface area contributed by atoms with Crippen LogP contribution in [0, 0.1) is 0 Å². The lowest BCUT2D eigenvalue weighted by Crippen LogP contribution is -2.35. The van der Waals surface area contributed by atoms with E-state index >= 15 is 0 Å². The zero-order chi connectivity index (χ0) is 23.3. The maximum absolute atomic E-state index is 14.4. The van der Waals surface area contributed by atoms with E-state index in [0.717, 1.165) is 38.5 Å². The van der Waals surface area contributed by atoms with Gasteiger partial charge in [0, 0.05) is 0 Å². The molecule has 0 spiro atoms. The molecule has 0 saturated heterocycles. The number of nitrogens with zero attached hydrogens (tertiary/aromatic N) is 2. The largest absolute Gasteiger partial charge is 0.283 e. The first-order valence-electron chi connectivity index (χ1n) is 11.6. The second kappa shape index (κ2) is 10.0. The maximum atomic E-state index is 14.4. The van der Waals surface area contributed by atoms with Crippen molar-refractivity contribution in [3.63, 3.8) is 0 Å². The molecule has 4 heteroatoms. The van der Waals surface area contributed by atoms with Gasteiger partial charge in [-0.05, 0) is 34.7 Å². The summed E-state index contributed by atoms with van der Waals surface area (Å²) < 4.78 is 1.11. The molecule has 1 aromatic heterocycles. The lowest BCUT2D eigenvalue weighted by atomic mass is 9.90. The predicted octanol–water partition coefficient (Wildman–Crippen LogP) is 7.22. The highest BCUT2D eigenvalue weighted by atomic mass is 32.1. The molecule has 5 aromatic rings. The van der Waals surface area contributed by atoms with Gasteiger partial charge in [-0.3, -0.25) is 9.69 Å².